The molecule has 2 aromatic rings. The van der Waals surface area contributed by atoms with Crippen molar-refractivity contribution in [2.24, 2.45) is 5.41 Å². The van der Waals surface area contributed by atoms with Crippen LogP contribution >= 0.6 is 0 Å². The van der Waals surface area contributed by atoms with Crippen LogP contribution in [0, 0.1) is 19.3 Å². The van der Waals surface area contributed by atoms with Gasteiger partial charge in [-0.3, -0.25) is 0 Å². The van der Waals surface area contributed by atoms with Crippen LogP contribution in [0.4, 0.5) is 0 Å². The van der Waals surface area contributed by atoms with E-state index < -0.39 is 0 Å². The molecular weight excluding hydrogens is 486 g/mol. The molecule has 0 saturated heterocycles. The zero-order valence-corrected chi connectivity index (χ0v) is 22.1. The molecule has 2 aromatic carbocycles. The molecule has 0 nitrogen and oxygen atoms in total. The summed E-state index contributed by atoms with van der Waals surface area (Å²) in [5.41, 5.74) is 10.4. The van der Waals surface area contributed by atoms with Crippen molar-refractivity contribution < 1.29 is 51.0 Å². The molecule has 0 heterocycles. The Morgan fingerprint density at radius 2 is 1.87 bits per heavy atom. The third kappa shape index (κ3) is 4.65. The van der Waals surface area contributed by atoms with Gasteiger partial charge in [0.2, 0.25) is 0 Å². The molecule has 2 atom stereocenters. The van der Waals surface area contributed by atoms with Gasteiger partial charge in [-0.25, -0.2) is 0 Å². The number of fused-ring (bicyclic) bond motifs is 3. The summed E-state index contributed by atoms with van der Waals surface area (Å²) in [4.78, 5) is 0. The van der Waals surface area contributed by atoms with Crippen molar-refractivity contribution in [1.29, 1.82) is 0 Å². The van der Waals surface area contributed by atoms with Gasteiger partial charge in [-0.15, -0.1) is 6.58 Å². The molecule has 2 unspecified atom stereocenters. The fraction of sp³-hybridized carbons (Fsp3) is 0.333. The Labute approximate surface area is 213 Å². The number of halogens is 2. The molecule has 156 valence electrons. The van der Waals surface area contributed by atoms with Gasteiger partial charge in [0.25, 0.3) is 0 Å². The van der Waals surface area contributed by atoms with Crippen LogP contribution in [0.1, 0.15) is 60.8 Å². The van der Waals surface area contributed by atoms with Crippen LogP contribution in [0.2, 0.25) is 0 Å². The SMILES string of the molecule is C=CCCCC(C)(C1=CC=CC1)C1c2cc(C)ccc2-c2c(C)cccc21.[Cl-].[Cl-].[Zr+2]. The molecule has 0 radical (unpaired) electrons. The van der Waals surface area contributed by atoms with E-state index in [-0.39, 0.29) is 56.4 Å². The third-order valence-electron chi connectivity index (χ3n) is 6.65. The van der Waals surface area contributed by atoms with Crippen molar-refractivity contribution in [3.05, 3.63) is 95.1 Å². The Bertz CT molecular complexity index is 957. The van der Waals surface area contributed by atoms with Crippen molar-refractivity contribution in [3.63, 3.8) is 0 Å². The zero-order chi connectivity index (χ0) is 19.0. The monoisotopic (exact) mass is 514 g/mol. The molecule has 30 heavy (non-hydrogen) atoms. The molecule has 2 aliphatic rings. The molecular formula is C27H30Cl2Zr. The number of unbranched alkanes of at least 4 members (excludes halogenated alkanes) is 1. The Kier molecular flexibility index (Phi) is 10.1. The Balaban J connectivity index is 0.00000150. The van der Waals surface area contributed by atoms with Gasteiger partial charge >= 0.3 is 26.2 Å². The van der Waals surface area contributed by atoms with E-state index in [4.69, 9.17) is 0 Å². The number of allylic oxidation sites excluding steroid dienone is 5. The van der Waals surface area contributed by atoms with E-state index in [2.05, 4.69) is 88.1 Å². The van der Waals surface area contributed by atoms with Gasteiger partial charge in [0, 0.05) is 5.92 Å². The van der Waals surface area contributed by atoms with Crippen molar-refractivity contribution in [2.75, 3.05) is 0 Å². The van der Waals surface area contributed by atoms with E-state index in [0.29, 0.717) is 5.92 Å². The molecule has 0 saturated carbocycles. The van der Waals surface area contributed by atoms with Crippen LogP contribution in [0.5, 0.6) is 0 Å². The first-order valence-corrected chi connectivity index (χ1v) is 10.2. The normalized spacial score (nSPS) is 17.4. The quantitative estimate of drug-likeness (QED) is 0.405. The predicted molar refractivity (Wildman–Crippen MR) is 117 cm³/mol. The first kappa shape index (κ1) is 27.2. The molecule has 0 bridgehead atoms. The number of hydrogen-bond acceptors (Lipinski definition) is 0. The van der Waals surface area contributed by atoms with Gasteiger partial charge in [-0.05, 0) is 72.8 Å². The fourth-order valence-corrected chi connectivity index (χ4v) is 5.28. The maximum Gasteiger partial charge on any atom is 2.00 e. The number of rotatable bonds is 6. The van der Waals surface area contributed by atoms with Crippen LogP contribution in [-0.4, -0.2) is 0 Å². The minimum atomic E-state index is 0. The first-order valence-electron chi connectivity index (χ1n) is 10.2. The standard InChI is InChI=1S/C27H30.2ClH.Zr/c1-5-6-9-17-27(4,21-12-7-8-13-21)26-23-14-10-11-20(3)25(23)22-16-15-19(2)18-24(22)26;;;/h5,7-8,10-12,14-16,18,26H,1,6,9,13,17H2,2-4H3;2*1H;/q;;;+2/p-2. The second-order valence-electron chi connectivity index (χ2n) is 8.49. The van der Waals surface area contributed by atoms with Gasteiger partial charge in [-0.1, -0.05) is 78.8 Å². The maximum atomic E-state index is 3.94. The van der Waals surface area contributed by atoms with E-state index in [1.54, 1.807) is 5.57 Å². The summed E-state index contributed by atoms with van der Waals surface area (Å²) in [7, 11) is 0. The molecule has 0 amide bonds. The minimum absolute atomic E-state index is 0. The average Bonchev–Trinajstić information content (AvgIpc) is 3.28. The Morgan fingerprint density at radius 3 is 2.53 bits per heavy atom. The van der Waals surface area contributed by atoms with Gasteiger partial charge in [0.15, 0.2) is 0 Å². The second-order valence-corrected chi connectivity index (χ2v) is 8.49. The summed E-state index contributed by atoms with van der Waals surface area (Å²) in [5, 5.41) is 0. The summed E-state index contributed by atoms with van der Waals surface area (Å²) in [6.07, 6.45) is 13.5. The Hall–Kier alpha value is -0.877. The van der Waals surface area contributed by atoms with Crippen LogP contribution in [0.3, 0.4) is 0 Å². The zero-order valence-electron chi connectivity index (χ0n) is 18.1. The minimum Gasteiger partial charge on any atom is -1.00 e. The third-order valence-corrected chi connectivity index (χ3v) is 6.65. The van der Waals surface area contributed by atoms with Crippen LogP contribution in [0.25, 0.3) is 11.1 Å². The number of benzene rings is 2. The van der Waals surface area contributed by atoms with E-state index in [1.165, 1.54) is 46.2 Å². The second kappa shape index (κ2) is 11.1. The topological polar surface area (TPSA) is 0 Å². The van der Waals surface area contributed by atoms with Crippen LogP contribution < -0.4 is 24.8 Å². The summed E-state index contributed by atoms with van der Waals surface area (Å²) < 4.78 is 0. The van der Waals surface area contributed by atoms with Crippen LogP contribution in [0.15, 0.2) is 72.9 Å². The van der Waals surface area contributed by atoms with E-state index >= 15 is 0 Å². The van der Waals surface area contributed by atoms with E-state index in [9.17, 15) is 0 Å². The number of aryl methyl sites for hydroxylation is 2. The first-order chi connectivity index (χ1) is 13.1. The van der Waals surface area contributed by atoms with Crippen molar-refractivity contribution in [3.8, 4) is 11.1 Å². The van der Waals surface area contributed by atoms with E-state index in [0.717, 1.165) is 12.8 Å². The molecule has 0 spiro atoms. The molecule has 0 N–H and O–H groups in total. The average molecular weight is 517 g/mol. The largest absolute Gasteiger partial charge is 2.00 e. The van der Waals surface area contributed by atoms with Crippen molar-refractivity contribution in [2.45, 2.75) is 52.4 Å². The van der Waals surface area contributed by atoms with Crippen LogP contribution in [-0.2, 0) is 26.2 Å². The molecule has 0 aliphatic heterocycles. The molecule has 0 fully saturated rings. The van der Waals surface area contributed by atoms with Crippen molar-refractivity contribution >= 4 is 0 Å². The molecule has 2 aliphatic carbocycles. The maximum absolute atomic E-state index is 3.94. The Morgan fingerprint density at radius 1 is 1.10 bits per heavy atom. The van der Waals surface area contributed by atoms with Gasteiger partial charge in [-0.2, -0.15) is 0 Å². The van der Waals surface area contributed by atoms with Gasteiger partial charge in [0.1, 0.15) is 0 Å². The molecule has 4 rings (SSSR count). The fourth-order valence-electron chi connectivity index (χ4n) is 5.28. The van der Waals surface area contributed by atoms with E-state index in [1.807, 2.05) is 0 Å². The summed E-state index contributed by atoms with van der Waals surface area (Å²) >= 11 is 0. The predicted octanol–water partition coefficient (Wildman–Crippen LogP) is 1.67. The molecule has 0 aromatic heterocycles. The summed E-state index contributed by atoms with van der Waals surface area (Å²) in [5.74, 6) is 0.429. The number of hydrogen-bond donors (Lipinski definition) is 0. The van der Waals surface area contributed by atoms with Gasteiger partial charge in [0.05, 0.1) is 0 Å². The summed E-state index contributed by atoms with van der Waals surface area (Å²) in [6.45, 7) is 10.9. The smallest absolute Gasteiger partial charge is 1.00 e. The molecule has 3 heteroatoms. The van der Waals surface area contributed by atoms with Gasteiger partial charge < -0.3 is 24.8 Å². The van der Waals surface area contributed by atoms with Crippen molar-refractivity contribution in [1.82, 2.24) is 0 Å². The summed E-state index contributed by atoms with van der Waals surface area (Å²) in [6, 6.07) is 13.9.